The molecule has 0 aromatic heterocycles. The molecular formula is C13H27NO2S. The molecule has 0 aromatic carbocycles. The van der Waals surface area contributed by atoms with Gasteiger partial charge in [0, 0.05) is 6.04 Å². The number of nitrogens with one attached hydrogen (secondary N) is 1. The molecule has 17 heavy (non-hydrogen) atoms. The molecule has 0 aliphatic heterocycles. The van der Waals surface area contributed by atoms with Crippen molar-refractivity contribution in [2.75, 3.05) is 6.54 Å². The van der Waals surface area contributed by atoms with Gasteiger partial charge in [0.05, 0.1) is 10.5 Å². The molecule has 1 aliphatic carbocycles. The normalized spacial score (nSPS) is 22.3. The molecule has 0 heterocycles. The first-order chi connectivity index (χ1) is 8.00. The maximum Gasteiger partial charge on any atom is 0.157 e. The number of hydrogen-bond acceptors (Lipinski definition) is 3. The molecule has 0 spiro atoms. The van der Waals surface area contributed by atoms with Crippen LogP contribution in [0.3, 0.4) is 0 Å². The van der Waals surface area contributed by atoms with Crippen LogP contribution < -0.4 is 5.32 Å². The van der Waals surface area contributed by atoms with E-state index in [1.165, 1.54) is 6.42 Å². The Balaban J connectivity index is 2.61. The van der Waals surface area contributed by atoms with Crippen LogP contribution in [0, 0.1) is 0 Å². The summed E-state index contributed by atoms with van der Waals surface area (Å²) >= 11 is 0. The number of hydrogen-bond donors (Lipinski definition) is 1. The van der Waals surface area contributed by atoms with Crippen molar-refractivity contribution in [2.24, 2.45) is 0 Å². The van der Waals surface area contributed by atoms with Crippen LogP contribution in [0.25, 0.3) is 0 Å². The average molecular weight is 261 g/mol. The van der Waals surface area contributed by atoms with Crippen LogP contribution in [0.5, 0.6) is 0 Å². The molecule has 1 rings (SSSR count). The molecule has 2 atom stereocenters. The SMILES string of the molecule is CCCNC(C)C(C)S(=O)(=O)C1CCCCC1. The van der Waals surface area contributed by atoms with E-state index in [1.54, 1.807) is 0 Å². The van der Waals surface area contributed by atoms with Gasteiger partial charge in [-0.25, -0.2) is 8.42 Å². The van der Waals surface area contributed by atoms with Gasteiger partial charge in [-0.3, -0.25) is 0 Å². The second-order valence-corrected chi connectivity index (χ2v) is 7.89. The standard InChI is InChI=1S/C13H27NO2S/c1-4-10-14-11(2)12(3)17(15,16)13-8-6-5-7-9-13/h11-14H,4-10H2,1-3H3. The molecule has 0 radical (unpaired) electrons. The van der Waals surface area contributed by atoms with Crippen molar-refractivity contribution < 1.29 is 8.42 Å². The minimum Gasteiger partial charge on any atom is -0.313 e. The van der Waals surface area contributed by atoms with Crippen molar-refractivity contribution in [1.29, 1.82) is 0 Å². The predicted molar refractivity (Wildman–Crippen MR) is 73.0 cm³/mol. The van der Waals surface area contributed by atoms with E-state index >= 15 is 0 Å². The Hall–Kier alpha value is -0.0900. The summed E-state index contributed by atoms with van der Waals surface area (Å²) in [4.78, 5) is 0. The van der Waals surface area contributed by atoms with Gasteiger partial charge in [-0.05, 0) is 39.7 Å². The average Bonchev–Trinajstić information content (AvgIpc) is 2.36. The largest absolute Gasteiger partial charge is 0.313 e. The predicted octanol–water partition coefficient (Wildman–Crippen LogP) is 2.51. The van der Waals surface area contributed by atoms with E-state index in [1.807, 2.05) is 13.8 Å². The topological polar surface area (TPSA) is 46.2 Å². The third-order valence-electron chi connectivity index (χ3n) is 3.96. The molecule has 0 amide bonds. The monoisotopic (exact) mass is 261 g/mol. The summed E-state index contributed by atoms with van der Waals surface area (Å²) in [5.74, 6) is 0. The van der Waals surface area contributed by atoms with E-state index in [0.29, 0.717) is 0 Å². The van der Waals surface area contributed by atoms with Crippen LogP contribution in [-0.2, 0) is 9.84 Å². The first kappa shape index (κ1) is 15.0. The summed E-state index contributed by atoms with van der Waals surface area (Å²) in [5.41, 5.74) is 0. The Morgan fingerprint density at radius 1 is 1.18 bits per heavy atom. The van der Waals surface area contributed by atoms with Crippen LogP contribution in [0.2, 0.25) is 0 Å². The van der Waals surface area contributed by atoms with Gasteiger partial charge < -0.3 is 5.32 Å². The van der Waals surface area contributed by atoms with Crippen LogP contribution in [0.4, 0.5) is 0 Å². The van der Waals surface area contributed by atoms with E-state index in [-0.39, 0.29) is 16.5 Å². The Labute approximate surface area is 106 Å². The van der Waals surface area contributed by atoms with E-state index in [2.05, 4.69) is 12.2 Å². The Morgan fingerprint density at radius 3 is 2.29 bits per heavy atom. The molecule has 0 aromatic rings. The minimum absolute atomic E-state index is 0.0573. The van der Waals surface area contributed by atoms with Gasteiger partial charge >= 0.3 is 0 Å². The van der Waals surface area contributed by atoms with Crippen LogP contribution in [0.1, 0.15) is 59.3 Å². The Bertz CT molecular complexity index is 307. The number of rotatable bonds is 6. The maximum atomic E-state index is 12.5. The lowest BCUT2D eigenvalue weighted by Crippen LogP contribution is -2.44. The first-order valence-electron chi connectivity index (χ1n) is 6.96. The van der Waals surface area contributed by atoms with E-state index in [4.69, 9.17) is 0 Å². The van der Waals surface area contributed by atoms with E-state index < -0.39 is 9.84 Å². The molecular weight excluding hydrogens is 234 g/mol. The van der Waals surface area contributed by atoms with E-state index in [9.17, 15) is 8.42 Å². The molecule has 0 bridgehead atoms. The van der Waals surface area contributed by atoms with Gasteiger partial charge in [0.1, 0.15) is 0 Å². The Morgan fingerprint density at radius 2 is 1.76 bits per heavy atom. The summed E-state index contributed by atoms with van der Waals surface area (Å²) in [5, 5.41) is 2.95. The van der Waals surface area contributed by atoms with Crippen molar-refractivity contribution in [3.63, 3.8) is 0 Å². The van der Waals surface area contributed by atoms with Crippen LogP contribution >= 0.6 is 0 Å². The van der Waals surface area contributed by atoms with Crippen LogP contribution in [0.15, 0.2) is 0 Å². The molecule has 2 unspecified atom stereocenters. The van der Waals surface area contributed by atoms with E-state index in [0.717, 1.165) is 38.6 Å². The zero-order chi connectivity index (χ0) is 12.9. The van der Waals surface area contributed by atoms with Crippen molar-refractivity contribution in [1.82, 2.24) is 5.32 Å². The molecule has 3 nitrogen and oxygen atoms in total. The Kier molecular flexibility index (Phi) is 5.93. The van der Waals surface area contributed by atoms with Gasteiger partial charge in [0.25, 0.3) is 0 Å². The maximum absolute atomic E-state index is 12.5. The quantitative estimate of drug-likeness (QED) is 0.799. The van der Waals surface area contributed by atoms with Gasteiger partial charge in [-0.1, -0.05) is 26.2 Å². The summed E-state index contributed by atoms with van der Waals surface area (Å²) in [6, 6.07) is 0.0573. The fraction of sp³-hybridized carbons (Fsp3) is 1.00. The second-order valence-electron chi connectivity index (χ2n) is 5.30. The van der Waals surface area contributed by atoms with Gasteiger partial charge in [-0.2, -0.15) is 0 Å². The zero-order valence-electron chi connectivity index (χ0n) is 11.4. The van der Waals surface area contributed by atoms with Gasteiger partial charge in [0.15, 0.2) is 9.84 Å². The van der Waals surface area contributed by atoms with Crippen molar-refractivity contribution >= 4 is 9.84 Å². The molecule has 1 fully saturated rings. The first-order valence-corrected chi connectivity index (χ1v) is 8.57. The molecule has 1 N–H and O–H groups in total. The lowest BCUT2D eigenvalue weighted by Gasteiger charge is -2.28. The van der Waals surface area contributed by atoms with Crippen molar-refractivity contribution in [2.45, 2.75) is 75.8 Å². The van der Waals surface area contributed by atoms with Crippen LogP contribution in [-0.4, -0.2) is 31.5 Å². The highest BCUT2D eigenvalue weighted by Gasteiger charge is 2.34. The molecule has 102 valence electrons. The zero-order valence-corrected chi connectivity index (χ0v) is 12.2. The molecule has 1 saturated carbocycles. The minimum atomic E-state index is -2.95. The third kappa shape index (κ3) is 3.95. The van der Waals surface area contributed by atoms with Crippen molar-refractivity contribution in [3.8, 4) is 0 Å². The summed E-state index contributed by atoms with van der Waals surface area (Å²) in [6.45, 7) is 6.84. The van der Waals surface area contributed by atoms with Gasteiger partial charge in [-0.15, -0.1) is 0 Å². The third-order valence-corrected chi connectivity index (χ3v) is 6.80. The molecule has 4 heteroatoms. The lowest BCUT2D eigenvalue weighted by molar-refractivity contribution is 0.462. The fourth-order valence-electron chi connectivity index (χ4n) is 2.52. The highest BCUT2D eigenvalue weighted by atomic mass is 32.2. The summed E-state index contributed by atoms with van der Waals surface area (Å²) in [7, 11) is -2.95. The smallest absolute Gasteiger partial charge is 0.157 e. The fourth-order valence-corrected chi connectivity index (χ4v) is 4.78. The van der Waals surface area contributed by atoms with Gasteiger partial charge in [0.2, 0.25) is 0 Å². The highest BCUT2D eigenvalue weighted by Crippen LogP contribution is 2.27. The highest BCUT2D eigenvalue weighted by molar-refractivity contribution is 7.92. The van der Waals surface area contributed by atoms with Crippen molar-refractivity contribution in [3.05, 3.63) is 0 Å². The molecule has 1 aliphatic rings. The lowest BCUT2D eigenvalue weighted by atomic mass is 10.0. The molecule has 0 saturated heterocycles. The number of sulfone groups is 1. The summed E-state index contributed by atoms with van der Waals surface area (Å²) < 4.78 is 24.9. The second kappa shape index (κ2) is 6.74. The summed E-state index contributed by atoms with van der Waals surface area (Å²) in [6.07, 6.45) is 6.13.